The minimum absolute atomic E-state index is 0.397. The van der Waals surface area contributed by atoms with Crippen LogP contribution < -0.4 is 5.73 Å². The number of hydrogen-bond donors (Lipinski definition) is 1. The van der Waals surface area contributed by atoms with Crippen molar-refractivity contribution in [3.8, 4) is 0 Å². The molecule has 1 aliphatic heterocycles. The third-order valence-corrected chi connectivity index (χ3v) is 5.27. The van der Waals surface area contributed by atoms with E-state index in [0.717, 1.165) is 19.4 Å². The Labute approximate surface area is 110 Å². The Morgan fingerprint density at radius 2 is 2.31 bits per heavy atom. The van der Waals surface area contributed by atoms with Gasteiger partial charge >= 0.3 is 0 Å². The SMILES string of the molecule is CC1CC(N)CCN1C(C)c1ccc(Br)s1. The topological polar surface area (TPSA) is 29.3 Å². The molecule has 2 rings (SSSR count). The van der Waals surface area contributed by atoms with Crippen LogP contribution in [0.4, 0.5) is 0 Å². The summed E-state index contributed by atoms with van der Waals surface area (Å²) in [6.07, 6.45) is 2.25. The van der Waals surface area contributed by atoms with Crippen molar-refractivity contribution in [2.24, 2.45) is 5.73 Å². The number of rotatable bonds is 2. The summed E-state index contributed by atoms with van der Waals surface area (Å²) in [6.45, 7) is 5.71. The molecule has 2 heterocycles. The smallest absolute Gasteiger partial charge is 0.0701 e. The Hall–Kier alpha value is 0.1000. The second-order valence-corrected chi connectivity index (χ2v) is 7.18. The Bertz CT molecular complexity index is 353. The summed E-state index contributed by atoms with van der Waals surface area (Å²) < 4.78 is 1.22. The number of hydrogen-bond acceptors (Lipinski definition) is 3. The van der Waals surface area contributed by atoms with Crippen molar-refractivity contribution in [3.05, 3.63) is 20.8 Å². The molecule has 2 nitrogen and oxygen atoms in total. The Balaban J connectivity index is 2.07. The first kappa shape index (κ1) is 12.6. The molecule has 0 spiro atoms. The zero-order valence-corrected chi connectivity index (χ0v) is 12.2. The zero-order valence-electron chi connectivity index (χ0n) is 9.82. The lowest BCUT2D eigenvalue weighted by Gasteiger charge is -2.40. The lowest BCUT2D eigenvalue weighted by atomic mass is 9.97. The lowest BCUT2D eigenvalue weighted by molar-refractivity contribution is 0.106. The van der Waals surface area contributed by atoms with E-state index in [4.69, 9.17) is 5.73 Å². The summed E-state index contributed by atoms with van der Waals surface area (Å²) in [4.78, 5) is 4.01. The van der Waals surface area contributed by atoms with Crippen molar-refractivity contribution < 1.29 is 0 Å². The van der Waals surface area contributed by atoms with Crippen LogP contribution in [-0.4, -0.2) is 23.5 Å². The maximum absolute atomic E-state index is 6.00. The van der Waals surface area contributed by atoms with E-state index < -0.39 is 0 Å². The quantitative estimate of drug-likeness (QED) is 0.907. The van der Waals surface area contributed by atoms with E-state index in [0.29, 0.717) is 18.1 Å². The fourth-order valence-electron chi connectivity index (χ4n) is 2.52. The molecule has 0 amide bonds. The molecule has 2 N–H and O–H groups in total. The van der Waals surface area contributed by atoms with Gasteiger partial charge in [-0.2, -0.15) is 0 Å². The van der Waals surface area contributed by atoms with Crippen LogP contribution >= 0.6 is 27.3 Å². The minimum atomic E-state index is 0.397. The van der Waals surface area contributed by atoms with Gasteiger partial charge in [-0.05, 0) is 54.8 Å². The molecule has 1 aliphatic rings. The van der Waals surface area contributed by atoms with Gasteiger partial charge in [0, 0.05) is 29.5 Å². The summed E-state index contributed by atoms with van der Waals surface area (Å²) in [7, 11) is 0. The highest BCUT2D eigenvalue weighted by Gasteiger charge is 2.28. The molecular weight excluding hydrogens is 284 g/mol. The van der Waals surface area contributed by atoms with Crippen molar-refractivity contribution in [1.82, 2.24) is 4.90 Å². The highest BCUT2D eigenvalue weighted by Crippen LogP contribution is 2.33. The van der Waals surface area contributed by atoms with Crippen LogP contribution in [0.15, 0.2) is 15.9 Å². The molecule has 0 radical (unpaired) electrons. The Morgan fingerprint density at radius 3 is 2.88 bits per heavy atom. The summed E-state index contributed by atoms with van der Waals surface area (Å²) in [6, 6.07) is 5.87. The third-order valence-electron chi connectivity index (χ3n) is 3.47. The fraction of sp³-hybridized carbons (Fsp3) is 0.667. The molecule has 16 heavy (non-hydrogen) atoms. The van der Waals surface area contributed by atoms with Gasteiger partial charge in [0.25, 0.3) is 0 Å². The first-order valence-electron chi connectivity index (χ1n) is 5.84. The number of halogens is 1. The maximum atomic E-state index is 6.00. The van der Waals surface area contributed by atoms with Gasteiger partial charge in [0.1, 0.15) is 0 Å². The normalized spacial score (nSPS) is 29.2. The van der Waals surface area contributed by atoms with E-state index in [-0.39, 0.29) is 0 Å². The van der Waals surface area contributed by atoms with Crippen LogP contribution in [0.1, 0.15) is 37.6 Å². The van der Waals surface area contributed by atoms with E-state index in [9.17, 15) is 0 Å². The largest absolute Gasteiger partial charge is 0.328 e. The van der Waals surface area contributed by atoms with E-state index in [1.807, 2.05) is 11.3 Å². The summed E-state index contributed by atoms with van der Waals surface area (Å²) in [5.74, 6) is 0. The van der Waals surface area contributed by atoms with Gasteiger partial charge < -0.3 is 5.73 Å². The number of nitrogens with two attached hydrogens (primary N) is 1. The third kappa shape index (κ3) is 2.67. The van der Waals surface area contributed by atoms with E-state index in [2.05, 4.69) is 46.8 Å². The number of likely N-dealkylation sites (tertiary alicyclic amines) is 1. The van der Waals surface area contributed by atoms with Crippen molar-refractivity contribution in [2.75, 3.05) is 6.54 Å². The summed E-state index contributed by atoms with van der Waals surface area (Å²) >= 11 is 5.37. The standard InChI is InChI=1S/C12H19BrN2S/c1-8-7-10(14)5-6-15(8)9(2)11-3-4-12(13)16-11/h3-4,8-10H,5-7,14H2,1-2H3. The van der Waals surface area contributed by atoms with Crippen LogP contribution in [0.2, 0.25) is 0 Å². The highest BCUT2D eigenvalue weighted by atomic mass is 79.9. The summed E-state index contributed by atoms with van der Waals surface area (Å²) in [5, 5.41) is 0. The first-order valence-corrected chi connectivity index (χ1v) is 7.45. The molecule has 3 unspecified atom stereocenters. The average Bonchev–Trinajstić information content (AvgIpc) is 2.64. The molecule has 1 aromatic heterocycles. The van der Waals surface area contributed by atoms with Crippen molar-refractivity contribution in [1.29, 1.82) is 0 Å². The van der Waals surface area contributed by atoms with E-state index in [1.165, 1.54) is 8.66 Å². The molecule has 1 fully saturated rings. The molecule has 1 saturated heterocycles. The van der Waals surface area contributed by atoms with Crippen molar-refractivity contribution in [2.45, 2.75) is 44.8 Å². The average molecular weight is 303 g/mol. The number of nitrogens with zero attached hydrogens (tertiary/aromatic N) is 1. The van der Waals surface area contributed by atoms with Gasteiger partial charge in [-0.15, -0.1) is 11.3 Å². The molecule has 0 aromatic carbocycles. The van der Waals surface area contributed by atoms with Crippen LogP contribution in [0.5, 0.6) is 0 Å². The van der Waals surface area contributed by atoms with Gasteiger partial charge in [-0.25, -0.2) is 0 Å². The van der Waals surface area contributed by atoms with Gasteiger partial charge in [0.15, 0.2) is 0 Å². The predicted molar refractivity (Wildman–Crippen MR) is 73.8 cm³/mol. The first-order chi connectivity index (χ1) is 7.58. The second kappa shape index (κ2) is 5.17. The van der Waals surface area contributed by atoms with Crippen molar-refractivity contribution >= 4 is 27.3 Å². The van der Waals surface area contributed by atoms with Crippen LogP contribution in [-0.2, 0) is 0 Å². The second-order valence-electron chi connectivity index (χ2n) is 4.69. The molecule has 3 atom stereocenters. The maximum Gasteiger partial charge on any atom is 0.0701 e. The number of piperidine rings is 1. The predicted octanol–water partition coefficient (Wildman–Crippen LogP) is 3.38. The van der Waals surface area contributed by atoms with E-state index >= 15 is 0 Å². The van der Waals surface area contributed by atoms with Crippen LogP contribution in [0.25, 0.3) is 0 Å². The molecule has 4 heteroatoms. The van der Waals surface area contributed by atoms with Gasteiger partial charge in [0.05, 0.1) is 3.79 Å². The lowest BCUT2D eigenvalue weighted by Crippen LogP contribution is -2.46. The molecule has 0 saturated carbocycles. The minimum Gasteiger partial charge on any atom is -0.328 e. The van der Waals surface area contributed by atoms with Gasteiger partial charge in [-0.3, -0.25) is 4.90 Å². The molecule has 0 bridgehead atoms. The monoisotopic (exact) mass is 302 g/mol. The number of thiophene rings is 1. The van der Waals surface area contributed by atoms with Crippen LogP contribution in [0.3, 0.4) is 0 Å². The Kier molecular flexibility index (Phi) is 4.06. The van der Waals surface area contributed by atoms with Crippen molar-refractivity contribution in [3.63, 3.8) is 0 Å². The highest BCUT2D eigenvalue weighted by molar-refractivity contribution is 9.11. The molecule has 0 aliphatic carbocycles. The molecule has 90 valence electrons. The molecule has 1 aromatic rings. The van der Waals surface area contributed by atoms with E-state index in [1.54, 1.807) is 0 Å². The van der Waals surface area contributed by atoms with Gasteiger partial charge in [-0.1, -0.05) is 0 Å². The zero-order chi connectivity index (χ0) is 11.7. The van der Waals surface area contributed by atoms with Crippen LogP contribution in [0, 0.1) is 0 Å². The fourth-order valence-corrected chi connectivity index (χ4v) is 4.01. The molecular formula is C12H19BrN2S. The summed E-state index contributed by atoms with van der Waals surface area (Å²) in [5.41, 5.74) is 6.00. The van der Waals surface area contributed by atoms with Gasteiger partial charge in [0.2, 0.25) is 0 Å². The Morgan fingerprint density at radius 1 is 1.56 bits per heavy atom.